The zero-order chi connectivity index (χ0) is 20.1. The Labute approximate surface area is 171 Å². The van der Waals surface area contributed by atoms with Crippen molar-refractivity contribution in [3.8, 4) is 28.8 Å². The summed E-state index contributed by atoms with van der Waals surface area (Å²) >= 11 is 3.41. The van der Waals surface area contributed by atoms with Crippen molar-refractivity contribution < 1.29 is 9.47 Å². The minimum Gasteiger partial charge on any atom is -0.490 e. The quantitative estimate of drug-likeness (QED) is 0.596. The normalized spacial score (nSPS) is 10.3. The molecule has 28 heavy (non-hydrogen) atoms. The van der Waals surface area contributed by atoms with Crippen molar-refractivity contribution in [3.05, 3.63) is 58.1 Å². The molecule has 8 heteroatoms. The van der Waals surface area contributed by atoms with Crippen LogP contribution in [-0.2, 0) is 6.61 Å². The van der Waals surface area contributed by atoms with Gasteiger partial charge in [0.2, 0.25) is 5.95 Å². The first-order valence-electron chi connectivity index (χ1n) is 8.49. The highest BCUT2D eigenvalue weighted by atomic mass is 79.9. The maximum Gasteiger partial charge on any atom is 0.222 e. The number of rotatable bonds is 6. The Morgan fingerprint density at radius 2 is 1.79 bits per heavy atom. The number of nitrogens with zero attached hydrogens (tertiary/aromatic N) is 3. The van der Waals surface area contributed by atoms with Crippen molar-refractivity contribution >= 4 is 27.7 Å². The lowest BCUT2D eigenvalue weighted by Gasteiger charge is -2.14. The molecule has 2 aromatic carbocycles. The van der Waals surface area contributed by atoms with Gasteiger partial charge in [-0.2, -0.15) is 10.2 Å². The fourth-order valence-electron chi connectivity index (χ4n) is 2.60. The number of aromatic nitrogens is 2. The highest BCUT2D eigenvalue weighted by Gasteiger charge is 2.16. The molecule has 1 aromatic heterocycles. The number of benzene rings is 2. The zero-order valence-electron chi connectivity index (χ0n) is 15.1. The topological polar surface area (TPSA) is 120 Å². The molecule has 0 bridgehead atoms. The van der Waals surface area contributed by atoms with E-state index in [4.69, 9.17) is 20.9 Å². The second kappa shape index (κ2) is 8.59. The number of hydrogen-bond acceptors (Lipinski definition) is 7. The van der Waals surface area contributed by atoms with Gasteiger partial charge in [0.05, 0.1) is 12.3 Å². The molecule has 142 valence electrons. The summed E-state index contributed by atoms with van der Waals surface area (Å²) < 4.78 is 12.6. The van der Waals surface area contributed by atoms with Crippen molar-refractivity contribution in [2.24, 2.45) is 0 Å². The molecule has 0 aliphatic carbocycles. The largest absolute Gasteiger partial charge is 0.490 e. The lowest BCUT2D eigenvalue weighted by Crippen LogP contribution is -2.05. The molecule has 1 heterocycles. The van der Waals surface area contributed by atoms with E-state index in [1.54, 1.807) is 18.2 Å². The Morgan fingerprint density at radius 1 is 1.04 bits per heavy atom. The molecule has 0 amide bonds. The first-order chi connectivity index (χ1) is 13.5. The number of nitrogens with two attached hydrogens (primary N) is 2. The average Bonchev–Trinajstić information content (AvgIpc) is 2.68. The summed E-state index contributed by atoms with van der Waals surface area (Å²) in [4.78, 5) is 8.01. The highest BCUT2D eigenvalue weighted by Crippen LogP contribution is 2.35. The summed E-state index contributed by atoms with van der Waals surface area (Å²) in [6.07, 6.45) is 0. The molecule has 0 radical (unpaired) electrons. The van der Waals surface area contributed by atoms with Crippen molar-refractivity contribution in [3.63, 3.8) is 0 Å². The Morgan fingerprint density at radius 3 is 2.46 bits per heavy atom. The number of hydrogen-bond donors (Lipinski definition) is 2. The lowest BCUT2D eigenvalue weighted by atomic mass is 10.1. The minimum absolute atomic E-state index is 0.0000230. The summed E-state index contributed by atoms with van der Waals surface area (Å²) in [6.45, 7) is 2.73. The molecule has 3 rings (SSSR count). The van der Waals surface area contributed by atoms with Crippen molar-refractivity contribution in [2.45, 2.75) is 13.5 Å². The fourth-order valence-corrected chi connectivity index (χ4v) is 2.86. The van der Waals surface area contributed by atoms with E-state index in [1.807, 2.05) is 37.3 Å². The van der Waals surface area contributed by atoms with Gasteiger partial charge in [0.15, 0.2) is 11.5 Å². The van der Waals surface area contributed by atoms with Crippen molar-refractivity contribution in [1.82, 2.24) is 9.97 Å². The standard InChI is InChI=1S/C20H18BrN5O2/c1-2-27-17-9-13(18-15(10-22)19(23)26-20(24)25-18)5-8-16(17)28-11-12-3-6-14(21)7-4-12/h3-9H,2,11H2,1H3,(H4,23,24,25,26). The third-order valence-electron chi connectivity index (χ3n) is 3.89. The molecule has 0 saturated carbocycles. The van der Waals surface area contributed by atoms with E-state index >= 15 is 0 Å². The molecule has 0 fully saturated rings. The van der Waals surface area contributed by atoms with Gasteiger partial charge in [-0.3, -0.25) is 0 Å². The molecule has 0 atom stereocenters. The molecule has 7 nitrogen and oxygen atoms in total. The molecular weight excluding hydrogens is 422 g/mol. The second-order valence-corrected chi connectivity index (χ2v) is 6.73. The molecule has 0 spiro atoms. The first kappa shape index (κ1) is 19.5. The smallest absolute Gasteiger partial charge is 0.222 e. The maximum absolute atomic E-state index is 9.40. The van der Waals surface area contributed by atoms with Crippen LogP contribution in [0.5, 0.6) is 11.5 Å². The van der Waals surface area contributed by atoms with E-state index in [-0.39, 0.29) is 17.3 Å². The van der Waals surface area contributed by atoms with Crippen LogP contribution in [0.15, 0.2) is 46.9 Å². The molecule has 4 N–H and O–H groups in total. The first-order valence-corrected chi connectivity index (χ1v) is 9.28. The third-order valence-corrected chi connectivity index (χ3v) is 4.42. The van der Waals surface area contributed by atoms with Gasteiger partial charge in [0.1, 0.15) is 24.1 Å². The SMILES string of the molecule is CCOc1cc(-c2nc(N)nc(N)c2C#N)ccc1OCc1ccc(Br)cc1. The predicted octanol–water partition coefficient (Wildman–Crippen LogP) is 3.92. The van der Waals surface area contributed by atoms with Crippen LogP contribution in [0.3, 0.4) is 0 Å². The van der Waals surface area contributed by atoms with Crippen LogP contribution in [0.4, 0.5) is 11.8 Å². The monoisotopic (exact) mass is 439 g/mol. The van der Waals surface area contributed by atoms with Gasteiger partial charge in [-0.1, -0.05) is 28.1 Å². The van der Waals surface area contributed by atoms with Crippen molar-refractivity contribution in [2.75, 3.05) is 18.1 Å². The molecule has 0 unspecified atom stereocenters. The highest BCUT2D eigenvalue weighted by molar-refractivity contribution is 9.10. The molecular formula is C20H18BrN5O2. The molecule has 3 aromatic rings. The van der Waals surface area contributed by atoms with Crippen molar-refractivity contribution in [1.29, 1.82) is 5.26 Å². The van der Waals surface area contributed by atoms with E-state index in [1.165, 1.54) is 0 Å². The molecule has 0 saturated heterocycles. The summed E-state index contributed by atoms with van der Waals surface area (Å²) in [5, 5.41) is 9.40. The van der Waals surface area contributed by atoms with Gasteiger partial charge in [0.25, 0.3) is 0 Å². The van der Waals surface area contributed by atoms with Gasteiger partial charge >= 0.3 is 0 Å². The van der Waals surface area contributed by atoms with Gasteiger partial charge in [-0.15, -0.1) is 0 Å². The number of nitriles is 1. The predicted molar refractivity (Wildman–Crippen MR) is 111 cm³/mol. The number of nitrogen functional groups attached to an aromatic ring is 2. The van der Waals surface area contributed by atoms with E-state index in [0.717, 1.165) is 10.0 Å². The van der Waals surface area contributed by atoms with E-state index < -0.39 is 0 Å². The Bertz CT molecular complexity index is 1030. The van der Waals surface area contributed by atoms with E-state index in [2.05, 4.69) is 25.9 Å². The van der Waals surface area contributed by atoms with Crippen LogP contribution in [0.2, 0.25) is 0 Å². The zero-order valence-corrected chi connectivity index (χ0v) is 16.7. The molecule has 0 aliphatic rings. The second-order valence-electron chi connectivity index (χ2n) is 5.81. The van der Waals surface area contributed by atoms with Crippen LogP contribution in [-0.4, -0.2) is 16.6 Å². The maximum atomic E-state index is 9.40. The summed E-state index contributed by atoms with van der Waals surface area (Å²) in [7, 11) is 0. The Hall–Kier alpha value is -3.31. The van der Waals surface area contributed by atoms with Crippen LogP contribution in [0.1, 0.15) is 18.1 Å². The molecule has 0 aliphatic heterocycles. The fraction of sp³-hybridized carbons (Fsp3) is 0.150. The minimum atomic E-state index is 0.0000230. The van der Waals surface area contributed by atoms with Gasteiger partial charge in [-0.05, 0) is 42.8 Å². The Balaban J connectivity index is 1.93. The van der Waals surface area contributed by atoms with E-state index in [0.29, 0.717) is 36.0 Å². The summed E-state index contributed by atoms with van der Waals surface area (Å²) in [5.41, 5.74) is 13.7. The number of halogens is 1. The van der Waals surface area contributed by atoms with Crippen LogP contribution < -0.4 is 20.9 Å². The van der Waals surface area contributed by atoms with Gasteiger partial charge in [-0.25, -0.2) is 4.98 Å². The summed E-state index contributed by atoms with van der Waals surface area (Å²) in [6, 6.07) is 15.2. The Kier molecular flexibility index (Phi) is 5.96. The van der Waals surface area contributed by atoms with Crippen LogP contribution in [0.25, 0.3) is 11.3 Å². The number of ether oxygens (including phenoxy) is 2. The van der Waals surface area contributed by atoms with Crippen LogP contribution in [0, 0.1) is 11.3 Å². The van der Waals surface area contributed by atoms with Gasteiger partial charge < -0.3 is 20.9 Å². The summed E-state index contributed by atoms with van der Waals surface area (Å²) in [5.74, 6) is 1.16. The van der Waals surface area contributed by atoms with Crippen LogP contribution >= 0.6 is 15.9 Å². The number of anilines is 2. The lowest BCUT2D eigenvalue weighted by molar-refractivity contribution is 0.269. The average molecular weight is 440 g/mol. The van der Waals surface area contributed by atoms with E-state index in [9.17, 15) is 5.26 Å². The third kappa shape index (κ3) is 4.32. The van der Waals surface area contributed by atoms with Gasteiger partial charge in [0, 0.05) is 10.0 Å².